The quantitative estimate of drug-likeness (QED) is 0.278. The van der Waals surface area contributed by atoms with Gasteiger partial charge in [-0.3, -0.25) is 14.0 Å². The van der Waals surface area contributed by atoms with Crippen LogP contribution in [0.15, 0.2) is 0 Å². The first-order valence-corrected chi connectivity index (χ1v) is 12.9. The van der Waals surface area contributed by atoms with Crippen molar-refractivity contribution in [1.82, 2.24) is 10.6 Å². The van der Waals surface area contributed by atoms with Gasteiger partial charge in [-0.05, 0) is 57.7 Å². The number of nitrogens with one attached hydrogen (secondary N) is 2. The molecule has 0 radical (unpaired) electrons. The van der Waals surface area contributed by atoms with Crippen molar-refractivity contribution in [2.24, 2.45) is 5.92 Å². The maximum absolute atomic E-state index is 13.0. The molecule has 2 aliphatic heterocycles. The molecule has 2 saturated heterocycles. The summed E-state index contributed by atoms with van der Waals surface area (Å²) in [6.45, 7) is 3.23. The second-order valence-corrected chi connectivity index (χ2v) is 10.2. The predicted molar refractivity (Wildman–Crippen MR) is 121 cm³/mol. The van der Waals surface area contributed by atoms with E-state index >= 15 is 0 Å². The molecule has 8 nitrogen and oxygen atoms in total. The molecule has 1 amide bonds. The molecule has 4 N–H and O–H groups in total. The second-order valence-electron chi connectivity index (χ2n) is 8.54. The molecule has 2 aliphatic rings. The highest BCUT2D eigenvalue weighted by Gasteiger charge is 2.50. The normalized spacial score (nSPS) is 35.4. The summed E-state index contributed by atoms with van der Waals surface area (Å²) >= 11 is 7.59. The van der Waals surface area contributed by atoms with E-state index in [0.717, 1.165) is 19.3 Å². The van der Waals surface area contributed by atoms with E-state index in [4.69, 9.17) is 21.1 Å². The van der Waals surface area contributed by atoms with E-state index in [9.17, 15) is 24.2 Å². The van der Waals surface area contributed by atoms with Crippen LogP contribution in [0.5, 0.6) is 0 Å². The molecule has 2 heterocycles. The van der Waals surface area contributed by atoms with Gasteiger partial charge in [0, 0.05) is 6.92 Å². The van der Waals surface area contributed by atoms with Crippen molar-refractivity contribution < 1.29 is 33.7 Å². The highest BCUT2D eigenvalue weighted by molar-refractivity contribution is 7.99. The van der Waals surface area contributed by atoms with Crippen molar-refractivity contribution >= 4 is 35.2 Å². The van der Waals surface area contributed by atoms with E-state index < -0.39 is 53.3 Å². The van der Waals surface area contributed by atoms with Gasteiger partial charge in [0.05, 0.1) is 24.1 Å². The van der Waals surface area contributed by atoms with Crippen LogP contribution in [-0.4, -0.2) is 88.9 Å². The Morgan fingerprint density at radius 1 is 1.31 bits per heavy atom. The molecule has 11 heteroatoms. The Bertz CT molecular complexity index is 617. The third kappa shape index (κ3) is 7.43. The molecule has 0 spiro atoms. The Balaban J connectivity index is 2.06. The number of thioether (sulfide) groups is 1. The highest BCUT2D eigenvalue weighted by Crippen LogP contribution is 2.32. The average Bonchev–Trinajstić information content (AvgIpc) is 2.99. The molecule has 0 aromatic carbocycles. The number of carbonyl (C=O) groups excluding carboxylic acids is 2. The largest absolute Gasteiger partial charge is 0.456 e. The Hall–Kier alpha value is -0.650. The lowest BCUT2D eigenvalue weighted by atomic mass is 9.92. The third-order valence-electron chi connectivity index (χ3n) is 6.14. The first-order valence-electron chi connectivity index (χ1n) is 11.1. The van der Waals surface area contributed by atoms with Gasteiger partial charge in [0.1, 0.15) is 23.7 Å². The van der Waals surface area contributed by atoms with Crippen LogP contribution in [0, 0.1) is 5.92 Å². The Morgan fingerprint density at radius 2 is 2.03 bits per heavy atom. The van der Waals surface area contributed by atoms with Gasteiger partial charge >= 0.3 is 5.97 Å². The number of rotatable bonds is 9. The number of aliphatic hydroxyl groups is 2. The molecule has 0 aromatic rings. The molecule has 0 aliphatic carbocycles. The number of amides is 1. The highest BCUT2D eigenvalue weighted by atomic mass is 35.5. The fraction of sp³-hybridized carbons (Fsp3) is 0.905. The number of hydrogen-bond acceptors (Lipinski definition) is 8. The smallest absolute Gasteiger partial charge is 0.303 e. The van der Waals surface area contributed by atoms with E-state index in [-0.39, 0.29) is 12.6 Å². The van der Waals surface area contributed by atoms with Gasteiger partial charge in [-0.2, -0.15) is 0 Å². The number of alkyl halides is 2. The predicted octanol–water partition coefficient (Wildman–Crippen LogP) is 1.35. The fourth-order valence-corrected chi connectivity index (χ4v) is 5.31. The van der Waals surface area contributed by atoms with Crippen molar-refractivity contribution in [3.63, 3.8) is 0 Å². The molecular formula is C21H36ClFN2O6S. The molecule has 0 unspecified atom stereocenters. The van der Waals surface area contributed by atoms with Gasteiger partial charge in [0.25, 0.3) is 0 Å². The SMILES string of the molecule is CS[C@H]1O[C@H]([C@H](NC(=O)[C@@H]2CC[C@H](CCCF)CCN2)[C@H](C)Cl)[C@H](O)[C@H](O)[C@H]1OC(C)=O. The Kier molecular flexibility index (Phi) is 11.5. The van der Waals surface area contributed by atoms with Crippen LogP contribution in [0.4, 0.5) is 4.39 Å². The first kappa shape index (κ1) is 27.6. The van der Waals surface area contributed by atoms with E-state index in [1.807, 2.05) is 0 Å². The fourth-order valence-electron chi connectivity index (χ4n) is 4.38. The number of aliphatic hydroxyl groups excluding tert-OH is 2. The number of ether oxygens (including phenoxy) is 2. The standard InChI is InChI=1S/C21H36ClFN2O6S/c1-11(22)15(18-16(27)17(28)19(30-12(2)26)21(31-18)32-3)25-20(29)14-7-6-13(5-4-9-23)8-10-24-14/h11,13-19,21,24,27-28H,4-10H2,1-3H3,(H,25,29)/t11-,13-,14-,15+,16+,17-,18+,19+,21+/m0/s1. The summed E-state index contributed by atoms with van der Waals surface area (Å²) in [6.07, 6.45) is 0.576. The minimum absolute atomic E-state index is 0.262. The molecule has 186 valence electrons. The summed E-state index contributed by atoms with van der Waals surface area (Å²) in [5.41, 5.74) is -0.732. The summed E-state index contributed by atoms with van der Waals surface area (Å²) in [4.78, 5) is 24.4. The molecule has 9 atom stereocenters. The van der Waals surface area contributed by atoms with Gasteiger partial charge in [-0.25, -0.2) is 0 Å². The second kappa shape index (κ2) is 13.3. The minimum Gasteiger partial charge on any atom is -0.456 e. The molecular weight excluding hydrogens is 463 g/mol. The monoisotopic (exact) mass is 498 g/mol. The summed E-state index contributed by atoms with van der Waals surface area (Å²) in [7, 11) is 0. The third-order valence-corrected chi connectivity index (χ3v) is 7.26. The Morgan fingerprint density at radius 3 is 2.62 bits per heavy atom. The van der Waals surface area contributed by atoms with Gasteiger partial charge in [-0.15, -0.1) is 23.4 Å². The molecule has 0 bridgehead atoms. The average molecular weight is 499 g/mol. The minimum atomic E-state index is -1.42. The van der Waals surface area contributed by atoms with Crippen molar-refractivity contribution in [2.45, 2.75) is 93.3 Å². The zero-order chi connectivity index (χ0) is 23.8. The van der Waals surface area contributed by atoms with Crippen molar-refractivity contribution in [3.05, 3.63) is 0 Å². The number of esters is 1. The lowest BCUT2D eigenvalue weighted by Gasteiger charge is -2.45. The van der Waals surface area contributed by atoms with Gasteiger partial charge in [0.15, 0.2) is 6.10 Å². The van der Waals surface area contributed by atoms with E-state index in [1.54, 1.807) is 13.2 Å². The number of hydrogen-bond donors (Lipinski definition) is 4. The summed E-state index contributed by atoms with van der Waals surface area (Å²) in [6, 6.07) is -1.21. The van der Waals surface area contributed by atoms with Crippen LogP contribution in [0.2, 0.25) is 0 Å². The summed E-state index contributed by atoms with van der Waals surface area (Å²) in [5, 5.41) is 26.8. The first-order chi connectivity index (χ1) is 15.2. The van der Waals surface area contributed by atoms with Gasteiger partial charge < -0.3 is 30.3 Å². The topological polar surface area (TPSA) is 117 Å². The van der Waals surface area contributed by atoms with Gasteiger partial charge in [-0.1, -0.05) is 0 Å². The molecule has 32 heavy (non-hydrogen) atoms. The number of halogens is 2. The van der Waals surface area contributed by atoms with Crippen molar-refractivity contribution in [1.29, 1.82) is 0 Å². The zero-order valence-corrected chi connectivity index (χ0v) is 20.4. The summed E-state index contributed by atoms with van der Waals surface area (Å²) in [5.74, 6) is -0.470. The number of carbonyl (C=O) groups is 2. The molecule has 2 fully saturated rings. The maximum Gasteiger partial charge on any atom is 0.303 e. The van der Waals surface area contributed by atoms with Gasteiger partial charge in [0.2, 0.25) is 5.91 Å². The zero-order valence-electron chi connectivity index (χ0n) is 18.8. The molecule has 0 saturated carbocycles. The Labute approximate surface area is 198 Å². The van der Waals surface area contributed by atoms with Crippen LogP contribution in [0.25, 0.3) is 0 Å². The van der Waals surface area contributed by atoms with Crippen LogP contribution in [-0.2, 0) is 19.1 Å². The molecule has 2 rings (SSSR count). The van der Waals surface area contributed by atoms with Crippen LogP contribution < -0.4 is 10.6 Å². The van der Waals surface area contributed by atoms with Crippen molar-refractivity contribution in [3.8, 4) is 0 Å². The van der Waals surface area contributed by atoms with Crippen LogP contribution >= 0.6 is 23.4 Å². The van der Waals surface area contributed by atoms with Crippen LogP contribution in [0.1, 0.15) is 46.0 Å². The molecule has 0 aromatic heterocycles. The lowest BCUT2D eigenvalue weighted by molar-refractivity contribution is -0.217. The van der Waals surface area contributed by atoms with Crippen LogP contribution in [0.3, 0.4) is 0 Å². The lowest BCUT2D eigenvalue weighted by Crippen LogP contribution is -2.65. The summed E-state index contributed by atoms with van der Waals surface area (Å²) < 4.78 is 23.6. The van der Waals surface area contributed by atoms with Crippen molar-refractivity contribution in [2.75, 3.05) is 19.5 Å². The van der Waals surface area contributed by atoms with E-state index in [0.29, 0.717) is 25.3 Å². The van der Waals surface area contributed by atoms with E-state index in [2.05, 4.69) is 10.6 Å². The van der Waals surface area contributed by atoms with E-state index in [1.165, 1.54) is 18.7 Å². The maximum atomic E-state index is 13.0.